The molecule has 4 nitrogen and oxygen atoms in total. The normalized spacial score (nSPS) is 10.8. The van der Waals surface area contributed by atoms with Crippen LogP contribution >= 0.6 is 0 Å². The second-order valence-corrected chi connectivity index (χ2v) is 5.05. The van der Waals surface area contributed by atoms with Gasteiger partial charge in [0.1, 0.15) is 0 Å². The van der Waals surface area contributed by atoms with E-state index in [4.69, 9.17) is 4.74 Å². The smallest absolute Gasteiger partial charge is 0.337 e. The van der Waals surface area contributed by atoms with E-state index in [0.29, 0.717) is 5.56 Å². The summed E-state index contributed by atoms with van der Waals surface area (Å²) in [6.07, 6.45) is 1.85. The van der Waals surface area contributed by atoms with E-state index in [0.717, 1.165) is 23.1 Å². The van der Waals surface area contributed by atoms with Gasteiger partial charge in [-0.25, -0.2) is 9.78 Å². The Hall–Kier alpha value is -2.62. The van der Waals surface area contributed by atoms with E-state index in [1.165, 1.54) is 12.7 Å². The zero-order chi connectivity index (χ0) is 14.8. The molecule has 0 spiro atoms. The zero-order valence-electron chi connectivity index (χ0n) is 12.0. The maximum absolute atomic E-state index is 11.4. The number of hydrogen-bond donors (Lipinski definition) is 0. The highest BCUT2D eigenvalue weighted by atomic mass is 16.5. The van der Waals surface area contributed by atoms with Crippen molar-refractivity contribution in [3.63, 3.8) is 0 Å². The molecular weight excluding hydrogens is 264 g/mol. The molecule has 0 saturated heterocycles. The maximum atomic E-state index is 11.4. The number of fused-ring (bicyclic) bond motifs is 1. The fourth-order valence-corrected chi connectivity index (χ4v) is 2.36. The van der Waals surface area contributed by atoms with Crippen LogP contribution in [0.2, 0.25) is 0 Å². The minimum absolute atomic E-state index is 0.315. The number of hydrogen-bond acceptors (Lipinski definition) is 3. The largest absolute Gasteiger partial charge is 0.465 e. The predicted molar refractivity (Wildman–Crippen MR) is 81.4 cm³/mol. The lowest BCUT2D eigenvalue weighted by Gasteiger charge is -2.06. The van der Waals surface area contributed by atoms with Crippen molar-refractivity contribution in [3.8, 4) is 0 Å². The lowest BCUT2D eigenvalue weighted by molar-refractivity contribution is 0.0600. The summed E-state index contributed by atoms with van der Waals surface area (Å²) in [6.45, 7) is 2.78. The second kappa shape index (κ2) is 5.40. The van der Waals surface area contributed by atoms with Crippen LogP contribution in [-0.2, 0) is 11.3 Å². The molecule has 0 bridgehead atoms. The van der Waals surface area contributed by atoms with Crippen LogP contribution in [0.15, 0.2) is 48.8 Å². The summed E-state index contributed by atoms with van der Waals surface area (Å²) < 4.78 is 6.80. The Bertz CT molecular complexity index is 788. The first-order valence-electron chi connectivity index (χ1n) is 6.76. The average Bonchev–Trinajstić information content (AvgIpc) is 2.89. The van der Waals surface area contributed by atoms with Crippen LogP contribution in [0.1, 0.15) is 21.5 Å². The van der Waals surface area contributed by atoms with Gasteiger partial charge in [-0.15, -0.1) is 0 Å². The van der Waals surface area contributed by atoms with Crippen LogP contribution in [0.25, 0.3) is 11.0 Å². The first kappa shape index (κ1) is 13.4. The van der Waals surface area contributed by atoms with Crippen molar-refractivity contribution in [2.75, 3.05) is 7.11 Å². The summed E-state index contributed by atoms with van der Waals surface area (Å²) in [5, 5.41) is 0. The minimum atomic E-state index is -0.315. The highest BCUT2D eigenvalue weighted by molar-refractivity contribution is 5.89. The molecular formula is C17H16N2O2. The van der Waals surface area contributed by atoms with Crippen LogP contribution in [0.3, 0.4) is 0 Å². The molecule has 0 aliphatic rings. The van der Waals surface area contributed by atoms with E-state index in [1.54, 1.807) is 12.1 Å². The number of aromatic nitrogens is 2. The number of ether oxygens (including phenoxy) is 1. The van der Waals surface area contributed by atoms with E-state index in [9.17, 15) is 4.79 Å². The van der Waals surface area contributed by atoms with Gasteiger partial charge < -0.3 is 9.30 Å². The van der Waals surface area contributed by atoms with Crippen LogP contribution in [0, 0.1) is 6.92 Å². The van der Waals surface area contributed by atoms with Crippen molar-refractivity contribution in [1.82, 2.24) is 9.55 Å². The third kappa shape index (κ3) is 2.65. The van der Waals surface area contributed by atoms with Gasteiger partial charge in [-0.2, -0.15) is 0 Å². The first-order chi connectivity index (χ1) is 10.2. The molecule has 0 saturated carbocycles. The molecule has 4 heteroatoms. The van der Waals surface area contributed by atoms with E-state index in [2.05, 4.69) is 34.7 Å². The van der Waals surface area contributed by atoms with Crippen LogP contribution in [0.4, 0.5) is 0 Å². The summed E-state index contributed by atoms with van der Waals surface area (Å²) in [6, 6.07) is 13.7. The van der Waals surface area contributed by atoms with Crippen molar-refractivity contribution in [1.29, 1.82) is 0 Å². The minimum Gasteiger partial charge on any atom is -0.465 e. The van der Waals surface area contributed by atoms with Gasteiger partial charge in [-0.3, -0.25) is 0 Å². The highest BCUT2D eigenvalue weighted by Gasteiger charge is 2.06. The molecule has 1 aromatic heterocycles. The van der Waals surface area contributed by atoms with E-state index in [-0.39, 0.29) is 5.97 Å². The van der Waals surface area contributed by atoms with Crippen molar-refractivity contribution in [3.05, 3.63) is 65.5 Å². The summed E-state index contributed by atoms with van der Waals surface area (Å²) in [7, 11) is 1.38. The topological polar surface area (TPSA) is 44.1 Å². The molecule has 0 radical (unpaired) electrons. The van der Waals surface area contributed by atoms with Crippen LogP contribution in [0.5, 0.6) is 0 Å². The molecule has 0 unspecified atom stereocenters. The number of esters is 1. The SMILES string of the molecule is COC(=O)c1ccc(Cn2cnc3cc(C)ccc32)cc1. The summed E-state index contributed by atoms with van der Waals surface area (Å²) in [5.41, 5.74) is 4.99. The number of aryl methyl sites for hydroxylation is 1. The summed E-state index contributed by atoms with van der Waals surface area (Å²) in [5.74, 6) is -0.315. The fourth-order valence-electron chi connectivity index (χ4n) is 2.36. The Morgan fingerprint density at radius 1 is 1.19 bits per heavy atom. The van der Waals surface area contributed by atoms with Crippen LogP contribution in [-0.4, -0.2) is 22.6 Å². The summed E-state index contributed by atoms with van der Waals surface area (Å²) >= 11 is 0. The van der Waals surface area contributed by atoms with Crippen molar-refractivity contribution < 1.29 is 9.53 Å². The predicted octanol–water partition coefficient (Wildman–Crippen LogP) is 3.18. The molecule has 106 valence electrons. The Morgan fingerprint density at radius 2 is 1.95 bits per heavy atom. The molecule has 0 aliphatic heterocycles. The van der Waals surface area contributed by atoms with Gasteiger partial charge in [-0.05, 0) is 42.3 Å². The van der Waals surface area contributed by atoms with E-state index >= 15 is 0 Å². The molecule has 0 aliphatic carbocycles. The molecule has 3 rings (SSSR count). The lowest BCUT2D eigenvalue weighted by atomic mass is 10.1. The summed E-state index contributed by atoms with van der Waals surface area (Å²) in [4.78, 5) is 15.8. The third-order valence-electron chi connectivity index (χ3n) is 3.50. The quantitative estimate of drug-likeness (QED) is 0.692. The molecule has 0 fully saturated rings. The van der Waals surface area contributed by atoms with E-state index in [1.807, 2.05) is 18.5 Å². The number of methoxy groups -OCH3 is 1. The Balaban J connectivity index is 1.86. The van der Waals surface area contributed by atoms with Gasteiger partial charge in [0.05, 0.1) is 30.0 Å². The zero-order valence-corrected chi connectivity index (χ0v) is 12.0. The lowest BCUT2D eigenvalue weighted by Crippen LogP contribution is -2.02. The molecule has 21 heavy (non-hydrogen) atoms. The second-order valence-electron chi connectivity index (χ2n) is 5.05. The van der Waals surface area contributed by atoms with Gasteiger partial charge in [0, 0.05) is 6.54 Å². The highest BCUT2D eigenvalue weighted by Crippen LogP contribution is 2.16. The van der Waals surface area contributed by atoms with Gasteiger partial charge in [-0.1, -0.05) is 18.2 Å². The average molecular weight is 280 g/mol. The van der Waals surface area contributed by atoms with Crippen molar-refractivity contribution >= 4 is 17.0 Å². The first-order valence-corrected chi connectivity index (χ1v) is 6.76. The number of nitrogens with zero attached hydrogens (tertiary/aromatic N) is 2. The standard InChI is InChI=1S/C17H16N2O2/c1-12-3-8-16-15(9-12)18-11-19(16)10-13-4-6-14(7-5-13)17(20)21-2/h3-9,11H,10H2,1-2H3. The third-order valence-corrected chi connectivity index (χ3v) is 3.50. The Kier molecular flexibility index (Phi) is 3.44. The molecule has 2 aromatic carbocycles. The monoisotopic (exact) mass is 280 g/mol. The van der Waals surface area contributed by atoms with Gasteiger partial charge in [0.25, 0.3) is 0 Å². The van der Waals surface area contributed by atoms with Crippen LogP contribution < -0.4 is 0 Å². The number of benzene rings is 2. The van der Waals surface area contributed by atoms with Crippen molar-refractivity contribution in [2.45, 2.75) is 13.5 Å². The fraction of sp³-hybridized carbons (Fsp3) is 0.176. The number of carbonyl (C=O) groups is 1. The van der Waals surface area contributed by atoms with Gasteiger partial charge >= 0.3 is 5.97 Å². The molecule has 1 heterocycles. The number of carbonyl (C=O) groups excluding carboxylic acids is 1. The number of rotatable bonds is 3. The molecule has 0 amide bonds. The van der Waals surface area contributed by atoms with Gasteiger partial charge in [0.2, 0.25) is 0 Å². The Labute approximate surface area is 123 Å². The van der Waals surface area contributed by atoms with Crippen molar-refractivity contribution in [2.24, 2.45) is 0 Å². The molecule has 0 N–H and O–H groups in total. The molecule has 0 atom stereocenters. The Morgan fingerprint density at radius 3 is 2.67 bits per heavy atom. The van der Waals surface area contributed by atoms with E-state index < -0.39 is 0 Å². The maximum Gasteiger partial charge on any atom is 0.337 e. The van der Waals surface area contributed by atoms with Gasteiger partial charge in [0.15, 0.2) is 0 Å². The number of imidazole rings is 1. The molecule has 3 aromatic rings.